The Morgan fingerprint density at radius 2 is 1.25 bits per heavy atom. The maximum atomic E-state index is 11.0. The molecule has 1 aliphatic rings. The van der Waals surface area contributed by atoms with E-state index in [9.17, 15) is 16.8 Å². The van der Waals surface area contributed by atoms with Crippen LogP contribution in [0.15, 0.2) is 66.7 Å². The second kappa shape index (κ2) is 7.78. The molecule has 168 valence electrons. The predicted octanol–water partition coefficient (Wildman–Crippen LogP) is 3.12. The summed E-state index contributed by atoms with van der Waals surface area (Å²) in [6.07, 6.45) is 0. The molecular weight excluding hydrogens is 458 g/mol. The molecule has 3 N–H and O–H groups in total. The summed E-state index contributed by atoms with van der Waals surface area (Å²) in [5, 5.41) is 3.43. The van der Waals surface area contributed by atoms with Crippen LogP contribution in [-0.2, 0) is 26.2 Å². The van der Waals surface area contributed by atoms with Crippen LogP contribution in [0.1, 0.15) is 22.3 Å². The van der Waals surface area contributed by atoms with E-state index in [2.05, 4.69) is 13.7 Å². The second-order valence-corrected chi connectivity index (χ2v) is 9.37. The Morgan fingerprint density at radius 1 is 0.781 bits per heavy atom. The van der Waals surface area contributed by atoms with Gasteiger partial charge < -0.3 is 13.7 Å². The molecule has 1 heterocycles. The number of nitrogens with one attached hydrogen (secondary N) is 1. The van der Waals surface area contributed by atoms with Crippen LogP contribution in [0.4, 0.5) is 5.69 Å². The smallest absolute Gasteiger partial charge is 0.383 e. The maximum absolute atomic E-state index is 11.0. The highest BCUT2D eigenvalue weighted by molar-refractivity contribution is 7.81. The first kappa shape index (κ1) is 22.1. The van der Waals surface area contributed by atoms with Crippen LogP contribution in [0.25, 0.3) is 0 Å². The highest BCUT2D eigenvalue weighted by Crippen LogP contribution is 2.48. The summed E-state index contributed by atoms with van der Waals surface area (Å²) in [7, 11) is -9.29. The molecule has 0 fully saturated rings. The van der Waals surface area contributed by atoms with Crippen molar-refractivity contribution in [1.29, 1.82) is 0 Å². The lowest BCUT2D eigenvalue weighted by atomic mass is 9.70. The number of hydrogen-bond acceptors (Lipinski definition) is 7. The summed E-state index contributed by atoms with van der Waals surface area (Å²) in [5.41, 5.74) is 3.89. The summed E-state index contributed by atoms with van der Waals surface area (Å²) < 4.78 is 70.9. The third-order valence-corrected chi connectivity index (χ3v) is 6.17. The maximum Gasteiger partial charge on any atom is 0.446 e. The average molecular weight is 478 g/mol. The Bertz CT molecular complexity index is 1290. The van der Waals surface area contributed by atoms with Crippen molar-refractivity contribution in [2.45, 2.75) is 12.3 Å². The zero-order valence-corrected chi connectivity index (χ0v) is 18.4. The SMILES string of the molecule is Cc1cccc2c1NCC2(c1ccc(OS(=O)(=O)O)cc1)c1ccc(OS(=O)(=O)O)cc1. The van der Waals surface area contributed by atoms with Crippen molar-refractivity contribution in [3.05, 3.63) is 89.0 Å². The van der Waals surface area contributed by atoms with E-state index in [-0.39, 0.29) is 11.5 Å². The zero-order chi connectivity index (χ0) is 23.1. The largest absolute Gasteiger partial charge is 0.446 e. The van der Waals surface area contributed by atoms with E-state index in [0.717, 1.165) is 27.9 Å². The summed E-state index contributed by atoms with van der Waals surface area (Å²) in [6, 6.07) is 18.4. The zero-order valence-electron chi connectivity index (χ0n) is 16.7. The predicted molar refractivity (Wildman–Crippen MR) is 117 cm³/mol. The van der Waals surface area contributed by atoms with E-state index in [1.54, 1.807) is 24.3 Å². The van der Waals surface area contributed by atoms with E-state index in [1.807, 2.05) is 25.1 Å². The van der Waals surface area contributed by atoms with Crippen LogP contribution in [0.5, 0.6) is 11.5 Å². The molecule has 1 aliphatic heterocycles. The molecule has 0 saturated heterocycles. The number of anilines is 1. The Morgan fingerprint density at radius 3 is 1.69 bits per heavy atom. The first-order valence-electron chi connectivity index (χ1n) is 9.37. The molecule has 0 unspecified atom stereocenters. The number of rotatable bonds is 6. The van der Waals surface area contributed by atoms with Crippen LogP contribution < -0.4 is 13.7 Å². The molecular formula is C21H19NO8S2. The lowest BCUT2D eigenvalue weighted by molar-refractivity contribution is 0.384. The van der Waals surface area contributed by atoms with Gasteiger partial charge in [0.15, 0.2) is 0 Å². The van der Waals surface area contributed by atoms with Crippen LogP contribution in [0.3, 0.4) is 0 Å². The highest BCUT2D eigenvalue weighted by atomic mass is 32.3. The van der Waals surface area contributed by atoms with Gasteiger partial charge >= 0.3 is 20.8 Å². The van der Waals surface area contributed by atoms with E-state index >= 15 is 0 Å². The van der Waals surface area contributed by atoms with Gasteiger partial charge in [-0.25, -0.2) is 0 Å². The first-order valence-corrected chi connectivity index (χ1v) is 12.1. The molecule has 9 nitrogen and oxygen atoms in total. The number of fused-ring (bicyclic) bond motifs is 1. The van der Waals surface area contributed by atoms with Crippen molar-refractivity contribution >= 4 is 26.5 Å². The lowest BCUT2D eigenvalue weighted by Gasteiger charge is -2.31. The summed E-state index contributed by atoms with van der Waals surface area (Å²) in [4.78, 5) is 0. The molecule has 0 radical (unpaired) electrons. The molecule has 0 atom stereocenters. The van der Waals surface area contributed by atoms with Crippen LogP contribution in [0, 0.1) is 6.92 Å². The van der Waals surface area contributed by atoms with Gasteiger partial charge in [0.05, 0.1) is 5.41 Å². The summed E-state index contributed by atoms with van der Waals surface area (Å²) in [5.74, 6) is -0.0857. The van der Waals surface area contributed by atoms with Crippen molar-refractivity contribution in [3.8, 4) is 11.5 Å². The molecule has 32 heavy (non-hydrogen) atoms. The van der Waals surface area contributed by atoms with Crippen LogP contribution >= 0.6 is 0 Å². The Hall–Kier alpha value is -3.12. The van der Waals surface area contributed by atoms with Gasteiger partial charge in [0.1, 0.15) is 11.5 Å². The van der Waals surface area contributed by atoms with E-state index in [1.165, 1.54) is 24.3 Å². The van der Waals surface area contributed by atoms with Gasteiger partial charge in [-0.2, -0.15) is 16.8 Å². The van der Waals surface area contributed by atoms with Gasteiger partial charge in [-0.1, -0.05) is 42.5 Å². The van der Waals surface area contributed by atoms with Gasteiger partial charge in [-0.3, -0.25) is 9.11 Å². The molecule has 0 aliphatic carbocycles. The number of benzene rings is 3. The monoisotopic (exact) mass is 477 g/mol. The minimum atomic E-state index is -4.65. The number of para-hydroxylation sites is 1. The molecule has 0 amide bonds. The van der Waals surface area contributed by atoms with Crippen molar-refractivity contribution in [3.63, 3.8) is 0 Å². The fourth-order valence-electron chi connectivity index (χ4n) is 4.09. The van der Waals surface area contributed by atoms with Gasteiger partial charge in [-0.15, -0.1) is 0 Å². The Labute approximate surface area is 185 Å². The number of aryl methyl sites for hydroxylation is 1. The average Bonchev–Trinajstić information content (AvgIpc) is 3.09. The van der Waals surface area contributed by atoms with Crippen molar-refractivity contribution in [2.24, 2.45) is 0 Å². The molecule has 0 saturated carbocycles. The standard InChI is InChI=1S/C21H19NO8S2/c1-14-3-2-4-19-20(14)22-13-21(19,15-5-9-17(10-6-15)29-31(23,24)25)16-7-11-18(12-8-16)30-32(26,27)28/h2-12,22H,13H2,1H3,(H,23,24,25)(H,26,27,28). The molecule has 0 aromatic heterocycles. The molecule has 11 heteroatoms. The molecule has 3 aromatic rings. The van der Waals surface area contributed by atoms with Crippen molar-refractivity contribution in [2.75, 3.05) is 11.9 Å². The third-order valence-electron chi connectivity index (χ3n) is 5.36. The van der Waals surface area contributed by atoms with E-state index in [4.69, 9.17) is 9.11 Å². The molecule has 0 bridgehead atoms. The topological polar surface area (TPSA) is 139 Å². The van der Waals surface area contributed by atoms with Crippen LogP contribution in [0.2, 0.25) is 0 Å². The second-order valence-electron chi connectivity index (χ2n) is 7.33. The normalized spacial score (nSPS) is 15.0. The minimum absolute atomic E-state index is 0.0428. The summed E-state index contributed by atoms with van der Waals surface area (Å²) in [6.45, 7) is 2.46. The van der Waals surface area contributed by atoms with Gasteiger partial charge in [0, 0.05) is 12.2 Å². The fourth-order valence-corrected chi connectivity index (χ4v) is 4.80. The first-order chi connectivity index (χ1) is 15.0. The van der Waals surface area contributed by atoms with Gasteiger partial charge in [0.2, 0.25) is 0 Å². The quantitative estimate of drug-likeness (QED) is 0.457. The van der Waals surface area contributed by atoms with Crippen LogP contribution in [-0.4, -0.2) is 32.5 Å². The van der Waals surface area contributed by atoms with E-state index in [0.29, 0.717) is 6.54 Å². The van der Waals surface area contributed by atoms with Crippen molar-refractivity contribution < 1.29 is 34.3 Å². The minimum Gasteiger partial charge on any atom is -0.383 e. The lowest BCUT2D eigenvalue weighted by Crippen LogP contribution is -2.31. The molecule has 0 spiro atoms. The fraction of sp³-hybridized carbons (Fsp3) is 0.143. The third kappa shape index (κ3) is 4.28. The van der Waals surface area contributed by atoms with Gasteiger partial charge in [0.25, 0.3) is 0 Å². The Kier molecular flexibility index (Phi) is 5.37. The highest BCUT2D eigenvalue weighted by Gasteiger charge is 2.42. The van der Waals surface area contributed by atoms with E-state index < -0.39 is 26.2 Å². The number of hydrogen-bond donors (Lipinski definition) is 3. The Balaban J connectivity index is 1.84. The molecule has 3 aromatic carbocycles. The summed E-state index contributed by atoms with van der Waals surface area (Å²) >= 11 is 0. The molecule has 4 rings (SSSR count). The van der Waals surface area contributed by atoms with Gasteiger partial charge in [-0.05, 0) is 53.4 Å². The van der Waals surface area contributed by atoms with Crippen molar-refractivity contribution in [1.82, 2.24) is 0 Å².